The number of hydrogen-bond donors (Lipinski definition) is 1. The summed E-state index contributed by atoms with van der Waals surface area (Å²) < 4.78 is 1.72. The van der Waals surface area contributed by atoms with E-state index in [0.717, 1.165) is 23.2 Å². The largest absolute Gasteiger partial charge is 0.388 e. The third kappa shape index (κ3) is 3.11. The number of halogens is 2. The predicted octanol–water partition coefficient (Wildman–Crippen LogP) is 3.57. The Hall–Kier alpha value is -1.03. The van der Waals surface area contributed by atoms with Crippen molar-refractivity contribution in [1.82, 2.24) is 9.78 Å². The van der Waals surface area contributed by atoms with Gasteiger partial charge in [0.25, 0.3) is 0 Å². The van der Waals surface area contributed by atoms with Gasteiger partial charge in [0, 0.05) is 25.2 Å². The van der Waals surface area contributed by atoms with Gasteiger partial charge in [0.1, 0.15) is 0 Å². The second kappa shape index (κ2) is 5.95. The molecule has 0 spiro atoms. The van der Waals surface area contributed by atoms with Crippen LogP contribution in [0.5, 0.6) is 0 Å². The summed E-state index contributed by atoms with van der Waals surface area (Å²) in [6.07, 6.45) is 2.44. The van der Waals surface area contributed by atoms with Crippen molar-refractivity contribution in [3.8, 4) is 0 Å². The van der Waals surface area contributed by atoms with Crippen LogP contribution >= 0.6 is 23.2 Å². The first-order chi connectivity index (χ1) is 9.02. The van der Waals surface area contributed by atoms with E-state index in [0.29, 0.717) is 16.5 Å². The van der Waals surface area contributed by atoms with Gasteiger partial charge in [-0.05, 0) is 18.1 Å². The minimum atomic E-state index is -0.625. The number of aliphatic hydroxyl groups excluding tert-OH is 1. The predicted molar refractivity (Wildman–Crippen MR) is 77.7 cm³/mol. The molecule has 0 aliphatic carbocycles. The lowest BCUT2D eigenvalue weighted by Crippen LogP contribution is -2.04. The molecule has 5 heteroatoms. The normalized spacial score (nSPS) is 12.7. The molecule has 1 unspecified atom stereocenters. The molecule has 3 nitrogen and oxygen atoms in total. The zero-order valence-corrected chi connectivity index (χ0v) is 12.4. The number of hydrogen-bond acceptors (Lipinski definition) is 2. The lowest BCUT2D eigenvalue weighted by Gasteiger charge is -2.12. The molecule has 102 valence electrons. The second-order valence-corrected chi connectivity index (χ2v) is 5.28. The molecule has 19 heavy (non-hydrogen) atoms. The third-order valence-corrected chi connectivity index (χ3v) is 3.93. The van der Waals surface area contributed by atoms with E-state index in [2.05, 4.69) is 5.10 Å². The molecular formula is C14H16Cl2N2O. The number of aliphatic hydroxyl groups is 1. The van der Waals surface area contributed by atoms with Gasteiger partial charge >= 0.3 is 0 Å². The van der Waals surface area contributed by atoms with Crippen LogP contribution in [0, 0.1) is 0 Å². The van der Waals surface area contributed by atoms with E-state index in [1.165, 1.54) is 0 Å². The molecule has 1 N–H and O–H groups in total. The molecule has 0 fully saturated rings. The molecule has 0 amide bonds. The Bertz CT molecular complexity index is 581. The van der Waals surface area contributed by atoms with Gasteiger partial charge in [-0.3, -0.25) is 4.68 Å². The summed E-state index contributed by atoms with van der Waals surface area (Å²) in [4.78, 5) is 0. The maximum Gasteiger partial charge on any atom is 0.0864 e. The average molecular weight is 299 g/mol. The van der Waals surface area contributed by atoms with Crippen molar-refractivity contribution >= 4 is 23.2 Å². The maximum atomic E-state index is 10.4. The highest BCUT2D eigenvalue weighted by molar-refractivity contribution is 6.42. The van der Waals surface area contributed by atoms with E-state index in [1.807, 2.05) is 32.3 Å². The molecule has 0 aliphatic rings. The Labute approximate surface area is 122 Å². The molecule has 1 aromatic carbocycles. The van der Waals surface area contributed by atoms with Gasteiger partial charge in [0.15, 0.2) is 0 Å². The fourth-order valence-electron chi connectivity index (χ4n) is 2.13. The molecule has 0 saturated heterocycles. The Balaban J connectivity index is 2.25. The van der Waals surface area contributed by atoms with Crippen molar-refractivity contribution in [1.29, 1.82) is 0 Å². The van der Waals surface area contributed by atoms with Crippen molar-refractivity contribution in [2.45, 2.75) is 25.9 Å². The summed E-state index contributed by atoms with van der Waals surface area (Å²) in [5, 5.41) is 15.7. The highest BCUT2D eigenvalue weighted by Gasteiger charge is 2.17. The topological polar surface area (TPSA) is 38.0 Å². The van der Waals surface area contributed by atoms with Gasteiger partial charge in [-0.2, -0.15) is 5.10 Å². The number of nitrogens with zero attached hydrogens (tertiary/aromatic N) is 2. The smallest absolute Gasteiger partial charge is 0.0864 e. The fourth-order valence-corrected chi connectivity index (χ4v) is 2.53. The summed E-state index contributed by atoms with van der Waals surface area (Å²) in [5.41, 5.74) is 2.60. The van der Waals surface area contributed by atoms with Gasteiger partial charge in [-0.25, -0.2) is 0 Å². The van der Waals surface area contributed by atoms with Crippen molar-refractivity contribution in [3.63, 3.8) is 0 Å². The third-order valence-electron chi connectivity index (χ3n) is 3.08. The van der Waals surface area contributed by atoms with Crippen molar-refractivity contribution in [3.05, 3.63) is 51.3 Å². The van der Waals surface area contributed by atoms with Crippen LogP contribution in [-0.2, 0) is 19.9 Å². The number of rotatable bonds is 4. The number of aromatic nitrogens is 2. The molecule has 1 atom stereocenters. The van der Waals surface area contributed by atoms with E-state index >= 15 is 0 Å². The summed E-state index contributed by atoms with van der Waals surface area (Å²) in [6, 6.07) is 5.45. The van der Waals surface area contributed by atoms with Crippen LogP contribution in [0.15, 0.2) is 24.4 Å². The second-order valence-electron chi connectivity index (χ2n) is 4.49. The maximum absolute atomic E-state index is 10.4. The molecule has 0 aliphatic heterocycles. The van der Waals surface area contributed by atoms with E-state index in [1.54, 1.807) is 10.7 Å². The molecule has 2 rings (SSSR count). The Kier molecular flexibility index (Phi) is 4.50. The quantitative estimate of drug-likeness (QED) is 0.937. The molecule has 0 saturated carbocycles. The van der Waals surface area contributed by atoms with Crippen LogP contribution in [0.4, 0.5) is 0 Å². The van der Waals surface area contributed by atoms with Crippen LogP contribution in [0.3, 0.4) is 0 Å². The van der Waals surface area contributed by atoms with Gasteiger partial charge in [0.2, 0.25) is 0 Å². The van der Waals surface area contributed by atoms with E-state index in [9.17, 15) is 5.11 Å². The zero-order chi connectivity index (χ0) is 14.0. The van der Waals surface area contributed by atoms with Crippen molar-refractivity contribution in [2.75, 3.05) is 0 Å². The van der Waals surface area contributed by atoms with Crippen LogP contribution in [-0.4, -0.2) is 14.9 Å². The fraction of sp³-hybridized carbons (Fsp3) is 0.357. The number of benzene rings is 1. The van der Waals surface area contributed by atoms with Crippen LogP contribution < -0.4 is 0 Å². The van der Waals surface area contributed by atoms with Crippen LogP contribution in [0.25, 0.3) is 0 Å². The van der Waals surface area contributed by atoms with E-state index < -0.39 is 6.10 Å². The summed E-state index contributed by atoms with van der Waals surface area (Å²) in [7, 11) is 1.85. The Morgan fingerprint density at radius 1 is 1.37 bits per heavy atom. The minimum Gasteiger partial charge on any atom is -0.388 e. The zero-order valence-electron chi connectivity index (χ0n) is 10.9. The summed E-state index contributed by atoms with van der Waals surface area (Å²) >= 11 is 12.1. The molecular weight excluding hydrogens is 283 g/mol. The lowest BCUT2D eigenvalue weighted by molar-refractivity contribution is 0.177. The SMILES string of the molecule is CCc1nn(C)cc1C(O)Cc1cccc(Cl)c1Cl. The van der Waals surface area contributed by atoms with Crippen molar-refractivity contribution in [2.24, 2.45) is 7.05 Å². The lowest BCUT2D eigenvalue weighted by atomic mass is 10.0. The molecule has 0 radical (unpaired) electrons. The molecule has 1 heterocycles. The Morgan fingerprint density at radius 2 is 2.11 bits per heavy atom. The van der Waals surface area contributed by atoms with Crippen LogP contribution in [0.1, 0.15) is 29.8 Å². The molecule has 0 bridgehead atoms. The first-order valence-electron chi connectivity index (χ1n) is 6.16. The monoisotopic (exact) mass is 298 g/mol. The number of aryl methyl sites for hydroxylation is 2. The first-order valence-corrected chi connectivity index (χ1v) is 6.91. The van der Waals surface area contributed by atoms with E-state index in [-0.39, 0.29) is 0 Å². The summed E-state index contributed by atoms with van der Waals surface area (Å²) in [5.74, 6) is 0. The minimum absolute atomic E-state index is 0.429. The van der Waals surface area contributed by atoms with Crippen molar-refractivity contribution < 1.29 is 5.11 Å². The summed E-state index contributed by atoms with van der Waals surface area (Å²) in [6.45, 7) is 2.02. The first kappa shape index (κ1) is 14.4. The van der Waals surface area contributed by atoms with Gasteiger partial charge in [-0.1, -0.05) is 42.3 Å². The average Bonchev–Trinajstić information content (AvgIpc) is 2.76. The van der Waals surface area contributed by atoms with Gasteiger partial charge < -0.3 is 5.11 Å². The van der Waals surface area contributed by atoms with Gasteiger partial charge in [0.05, 0.1) is 21.8 Å². The molecule has 1 aromatic heterocycles. The molecule has 2 aromatic rings. The standard InChI is InChI=1S/C14H16Cl2N2O/c1-3-12-10(8-18(2)17-12)13(19)7-9-5-4-6-11(15)14(9)16/h4-6,8,13,19H,3,7H2,1-2H3. The highest BCUT2D eigenvalue weighted by Crippen LogP contribution is 2.30. The Morgan fingerprint density at radius 3 is 2.79 bits per heavy atom. The van der Waals surface area contributed by atoms with Crippen LogP contribution in [0.2, 0.25) is 10.0 Å². The van der Waals surface area contributed by atoms with E-state index in [4.69, 9.17) is 23.2 Å². The highest BCUT2D eigenvalue weighted by atomic mass is 35.5. The van der Waals surface area contributed by atoms with Gasteiger partial charge in [-0.15, -0.1) is 0 Å².